The minimum Gasteiger partial charge on any atom is -0.493 e. The third kappa shape index (κ3) is 8.36. The van der Waals surface area contributed by atoms with Gasteiger partial charge in [-0.05, 0) is 80.8 Å². The third-order valence-corrected chi connectivity index (χ3v) is 5.59. The van der Waals surface area contributed by atoms with E-state index >= 15 is 0 Å². The van der Waals surface area contributed by atoms with Gasteiger partial charge in [-0.2, -0.15) is 0 Å². The highest BCUT2D eigenvalue weighted by atomic mass is 32.2. The predicted octanol–water partition coefficient (Wildman–Crippen LogP) is 6.74. The lowest BCUT2D eigenvalue weighted by Gasteiger charge is -2.14. The van der Waals surface area contributed by atoms with Crippen LogP contribution in [0.2, 0.25) is 0 Å². The van der Waals surface area contributed by atoms with Crippen LogP contribution < -0.4 is 4.74 Å². The van der Waals surface area contributed by atoms with Gasteiger partial charge < -0.3 is 9.57 Å². The van der Waals surface area contributed by atoms with Crippen LogP contribution in [0.15, 0.2) is 58.6 Å². The number of nitrogens with zero attached hydrogens (tertiary/aromatic N) is 1. The molecule has 0 saturated carbocycles. The summed E-state index contributed by atoms with van der Waals surface area (Å²) in [5, 5.41) is 3.78. The molecule has 156 valence electrons. The minimum atomic E-state index is 0.777. The summed E-state index contributed by atoms with van der Waals surface area (Å²) in [7, 11) is 1.55. The first-order chi connectivity index (χ1) is 14.1. The van der Waals surface area contributed by atoms with E-state index in [4.69, 9.17) is 9.57 Å². The molecule has 3 nitrogen and oxygen atoms in total. The van der Waals surface area contributed by atoms with Gasteiger partial charge in [-0.3, -0.25) is 0 Å². The largest absolute Gasteiger partial charge is 0.493 e. The maximum atomic E-state index is 6.10. The van der Waals surface area contributed by atoms with E-state index in [1.165, 1.54) is 34.4 Å². The smallest absolute Gasteiger partial charge is 0.125 e. The Morgan fingerprint density at radius 1 is 1.00 bits per heavy atom. The summed E-state index contributed by atoms with van der Waals surface area (Å²) >= 11 is 1.86. The second-order valence-corrected chi connectivity index (χ2v) is 8.18. The fraction of sp³-hybridized carbons (Fsp3) is 0.400. The molecule has 0 radical (unpaired) electrons. The Morgan fingerprint density at radius 2 is 1.72 bits per heavy atom. The molecular formula is C25H33NO2S. The SMILES string of the molecule is C/C=C/CSc1cc(C)c(OCCCCCc2ccc(C=NOC)cc2)c(C)c1. The Morgan fingerprint density at radius 3 is 2.38 bits per heavy atom. The van der Waals surface area contributed by atoms with Gasteiger partial charge in [-0.15, -0.1) is 11.8 Å². The monoisotopic (exact) mass is 411 g/mol. The van der Waals surface area contributed by atoms with Crippen molar-refractivity contribution in [2.75, 3.05) is 19.5 Å². The first-order valence-electron chi connectivity index (χ1n) is 10.3. The maximum Gasteiger partial charge on any atom is 0.125 e. The van der Waals surface area contributed by atoms with E-state index in [9.17, 15) is 0 Å². The molecule has 0 aromatic heterocycles. The summed E-state index contributed by atoms with van der Waals surface area (Å²) < 4.78 is 6.10. The van der Waals surface area contributed by atoms with Crippen LogP contribution in [0, 0.1) is 13.8 Å². The number of aryl methyl sites for hydroxylation is 3. The van der Waals surface area contributed by atoms with Gasteiger partial charge in [0.25, 0.3) is 0 Å². The van der Waals surface area contributed by atoms with Crippen LogP contribution in [-0.4, -0.2) is 25.7 Å². The van der Waals surface area contributed by atoms with Crippen molar-refractivity contribution in [1.29, 1.82) is 0 Å². The fourth-order valence-electron chi connectivity index (χ4n) is 3.13. The molecule has 0 amide bonds. The van der Waals surface area contributed by atoms with Gasteiger partial charge in [0.05, 0.1) is 12.8 Å². The third-order valence-electron chi connectivity index (χ3n) is 4.66. The molecule has 2 rings (SSSR count). The Labute approximate surface area is 180 Å². The molecule has 0 unspecified atom stereocenters. The number of oxime groups is 1. The van der Waals surface area contributed by atoms with Crippen LogP contribution in [0.4, 0.5) is 0 Å². The summed E-state index contributed by atoms with van der Waals surface area (Å²) in [6.07, 6.45) is 10.5. The van der Waals surface area contributed by atoms with E-state index in [0.717, 1.165) is 36.5 Å². The van der Waals surface area contributed by atoms with Crippen LogP contribution in [0.5, 0.6) is 5.75 Å². The van der Waals surface area contributed by atoms with E-state index in [1.807, 2.05) is 11.8 Å². The summed E-state index contributed by atoms with van der Waals surface area (Å²) in [6.45, 7) is 7.12. The fourth-order valence-corrected chi connectivity index (χ4v) is 4.13. The molecule has 0 spiro atoms. The molecule has 2 aromatic carbocycles. The second-order valence-electron chi connectivity index (χ2n) is 7.08. The lowest BCUT2D eigenvalue weighted by atomic mass is 10.1. The number of thioether (sulfide) groups is 1. The van der Waals surface area contributed by atoms with Crippen molar-refractivity contribution in [2.24, 2.45) is 5.16 Å². The van der Waals surface area contributed by atoms with Gasteiger partial charge in [0.15, 0.2) is 0 Å². The molecule has 0 saturated heterocycles. The molecule has 0 aliphatic carbocycles. The maximum absolute atomic E-state index is 6.10. The summed E-state index contributed by atoms with van der Waals surface area (Å²) in [6, 6.07) is 12.9. The number of hydrogen-bond donors (Lipinski definition) is 0. The molecule has 0 heterocycles. The number of unbranched alkanes of at least 4 members (excludes halogenated alkanes) is 2. The minimum absolute atomic E-state index is 0.777. The molecule has 0 N–H and O–H groups in total. The Bertz CT molecular complexity index is 774. The van der Waals surface area contributed by atoms with Gasteiger partial charge >= 0.3 is 0 Å². The van der Waals surface area contributed by atoms with Crippen molar-refractivity contribution < 1.29 is 9.57 Å². The van der Waals surface area contributed by atoms with E-state index in [-0.39, 0.29) is 0 Å². The standard InChI is InChI=1S/C25H33NO2S/c1-5-6-16-29-24-17-20(2)25(21(3)18-24)28-15-9-7-8-10-22-11-13-23(14-12-22)19-26-27-4/h5-6,11-14,17-19H,7-10,15-16H2,1-4H3/b6-5+,26-19?. The molecule has 4 heteroatoms. The van der Waals surface area contributed by atoms with Crippen LogP contribution in [0.3, 0.4) is 0 Å². The summed E-state index contributed by atoms with van der Waals surface area (Å²) in [5.74, 6) is 2.06. The Kier molecular flexibility index (Phi) is 10.4. The average Bonchev–Trinajstić information content (AvgIpc) is 2.71. The Balaban J connectivity index is 1.70. The van der Waals surface area contributed by atoms with Crippen molar-refractivity contribution in [3.8, 4) is 5.75 Å². The summed E-state index contributed by atoms with van der Waals surface area (Å²) in [5.41, 5.74) is 4.87. The quantitative estimate of drug-likeness (QED) is 0.127. The highest BCUT2D eigenvalue weighted by Gasteiger charge is 2.07. The first-order valence-corrected chi connectivity index (χ1v) is 11.3. The second kappa shape index (κ2) is 13.1. The van der Waals surface area contributed by atoms with Crippen molar-refractivity contribution in [2.45, 2.75) is 51.3 Å². The van der Waals surface area contributed by atoms with Crippen molar-refractivity contribution in [3.63, 3.8) is 0 Å². The van der Waals surface area contributed by atoms with Crippen molar-refractivity contribution in [3.05, 3.63) is 70.8 Å². The molecule has 0 aliphatic heterocycles. The van der Waals surface area contributed by atoms with E-state index in [0.29, 0.717) is 0 Å². The number of rotatable bonds is 12. The average molecular weight is 412 g/mol. The zero-order valence-corrected chi connectivity index (χ0v) is 18.9. The lowest BCUT2D eigenvalue weighted by molar-refractivity contribution is 0.215. The van der Waals surface area contributed by atoms with Crippen LogP contribution in [0.25, 0.3) is 0 Å². The Hall–Kier alpha value is -2.20. The molecular weight excluding hydrogens is 378 g/mol. The zero-order chi connectivity index (χ0) is 20.9. The van der Waals surface area contributed by atoms with Gasteiger partial charge in [-0.1, -0.05) is 41.6 Å². The van der Waals surface area contributed by atoms with E-state index in [1.54, 1.807) is 13.3 Å². The molecule has 2 aromatic rings. The number of ether oxygens (including phenoxy) is 1. The molecule has 0 atom stereocenters. The number of hydrogen-bond acceptors (Lipinski definition) is 4. The van der Waals surface area contributed by atoms with Gasteiger partial charge in [0.2, 0.25) is 0 Å². The number of allylic oxidation sites excluding steroid dienone is 1. The zero-order valence-electron chi connectivity index (χ0n) is 18.1. The molecule has 0 bridgehead atoms. The molecule has 0 aliphatic rings. The van der Waals surface area contributed by atoms with Crippen LogP contribution in [0.1, 0.15) is 48.4 Å². The molecule has 0 fully saturated rings. The van der Waals surface area contributed by atoms with Crippen molar-refractivity contribution >= 4 is 18.0 Å². The van der Waals surface area contributed by atoms with Gasteiger partial charge in [0, 0.05) is 10.6 Å². The van der Waals surface area contributed by atoms with Gasteiger partial charge in [-0.25, -0.2) is 0 Å². The highest BCUT2D eigenvalue weighted by molar-refractivity contribution is 7.99. The topological polar surface area (TPSA) is 30.8 Å². The van der Waals surface area contributed by atoms with Crippen molar-refractivity contribution in [1.82, 2.24) is 0 Å². The lowest BCUT2D eigenvalue weighted by Crippen LogP contribution is -2.01. The van der Waals surface area contributed by atoms with Crippen LogP contribution >= 0.6 is 11.8 Å². The van der Waals surface area contributed by atoms with E-state index in [2.05, 4.69) is 74.5 Å². The van der Waals surface area contributed by atoms with Crippen LogP contribution in [-0.2, 0) is 11.3 Å². The number of benzene rings is 2. The molecule has 29 heavy (non-hydrogen) atoms. The summed E-state index contributed by atoms with van der Waals surface area (Å²) in [4.78, 5) is 6.01. The van der Waals surface area contributed by atoms with E-state index < -0.39 is 0 Å². The highest BCUT2D eigenvalue weighted by Crippen LogP contribution is 2.30. The predicted molar refractivity (Wildman–Crippen MR) is 126 cm³/mol. The van der Waals surface area contributed by atoms with Gasteiger partial charge in [0.1, 0.15) is 12.9 Å². The normalized spacial score (nSPS) is 11.4. The first kappa shape index (κ1) is 23.1.